The molecule has 34 heavy (non-hydrogen) atoms. The topological polar surface area (TPSA) is 26.3 Å². The number of alkyl halides is 3. The molecular weight excluding hydrogens is 437 g/mol. The smallest absolute Gasteiger partial charge is 0.416 e. The van der Waals surface area contributed by atoms with E-state index in [1.54, 1.807) is 30.3 Å². The van der Waals surface area contributed by atoms with E-state index < -0.39 is 11.7 Å². The lowest BCUT2D eigenvalue weighted by Gasteiger charge is -2.36. The summed E-state index contributed by atoms with van der Waals surface area (Å²) in [4.78, 5) is 12.2. The summed E-state index contributed by atoms with van der Waals surface area (Å²) in [5.74, 6) is 2.74. The molecule has 0 unspecified atom stereocenters. The van der Waals surface area contributed by atoms with Crippen LogP contribution in [0.4, 0.5) is 13.2 Å². The van der Waals surface area contributed by atoms with Crippen molar-refractivity contribution in [3.63, 3.8) is 0 Å². The van der Waals surface area contributed by atoms with Gasteiger partial charge in [0, 0.05) is 17.6 Å². The summed E-state index contributed by atoms with van der Waals surface area (Å²) in [5.41, 5.74) is 4.45. The van der Waals surface area contributed by atoms with Crippen LogP contribution in [-0.4, -0.2) is 13.1 Å². The fraction of sp³-hybridized carbons (Fsp3) is 0.241. The maximum Gasteiger partial charge on any atom is 0.416 e. The van der Waals surface area contributed by atoms with Crippen LogP contribution in [0.3, 0.4) is 0 Å². The van der Waals surface area contributed by atoms with Gasteiger partial charge in [-0.2, -0.15) is 13.2 Å². The standard InChI is InChI=1S/C29H23F3O2/c1-28(2)12-4-5-22-23-11-8-18-13-20(29(30,31)32)15-24(17-6-9-21(34-3)10-7-17)26(18)27(23)19(16-33)14-25(22)28/h4-11,13,15H,12,14H2,1-3H3. The monoisotopic (exact) mass is 460 g/mol. The fourth-order valence-electron chi connectivity index (χ4n) is 5.16. The number of methoxy groups -OCH3 is 1. The first kappa shape index (κ1) is 22.2. The quantitative estimate of drug-likeness (QED) is 0.364. The second kappa shape index (κ2) is 7.75. The summed E-state index contributed by atoms with van der Waals surface area (Å²) in [6.45, 7) is 4.30. The Kier molecular flexibility index (Phi) is 5.07. The first-order valence-corrected chi connectivity index (χ1v) is 11.1. The van der Waals surface area contributed by atoms with Gasteiger partial charge >= 0.3 is 6.18 Å². The largest absolute Gasteiger partial charge is 0.497 e. The summed E-state index contributed by atoms with van der Waals surface area (Å²) >= 11 is 0. The zero-order chi connectivity index (χ0) is 24.3. The highest BCUT2D eigenvalue weighted by molar-refractivity contribution is 6.13. The minimum Gasteiger partial charge on any atom is -0.497 e. The predicted octanol–water partition coefficient (Wildman–Crippen LogP) is 7.89. The van der Waals surface area contributed by atoms with Crippen LogP contribution < -0.4 is 4.74 Å². The van der Waals surface area contributed by atoms with Gasteiger partial charge in [-0.1, -0.05) is 55.8 Å². The van der Waals surface area contributed by atoms with Crippen molar-refractivity contribution in [2.24, 2.45) is 5.41 Å². The molecule has 0 radical (unpaired) electrons. The van der Waals surface area contributed by atoms with Crippen LogP contribution in [-0.2, 0) is 11.0 Å². The zero-order valence-electron chi connectivity index (χ0n) is 19.1. The number of rotatable bonds is 2. The van der Waals surface area contributed by atoms with Crippen molar-refractivity contribution < 1.29 is 22.7 Å². The Hall–Kier alpha value is -3.56. The van der Waals surface area contributed by atoms with Crippen LogP contribution >= 0.6 is 0 Å². The summed E-state index contributed by atoms with van der Waals surface area (Å²) in [6, 6.07) is 12.8. The van der Waals surface area contributed by atoms with Crippen LogP contribution in [0.5, 0.6) is 5.75 Å². The minimum atomic E-state index is -4.50. The van der Waals surface area contributed by atoms with E-state index in [1.807, 2.05) is 6.07 Å². The highest BCUT2D eigenvalue weighted by Gasteiger charge is 2.36. The van der Waals surface area contributed by atoms with E-state index in [-0.39, 0.29) is 5.41 Å². The Bertz CT molecular complexity index is 1430. The molecule has 0 N–H and O–H groups in total. The molecule has 0 saturated heterocycles. The number of allylic oxidation sites excluding steroid dienone is 5. The average Bonchev–Trinajstić information content (AvgIpc) is 2.82. The minimum absolute atomic E-state index is 0.113. The van der Waals surface area contributed by atoms with Gasteiger partial charge in [0.15, 0.2) is 0 Å². The van der Waals surface area contributed by atoms with Crippen molar-refractivity contribution in [2.45, 2.75) is 32.9 Å². The Morgan fingerprint density at radius 2 is 1.74 bits per heavy atom. The molecule has 0 saturated carbocycles. The third-order valence-corrected chi connectivity index (χ3v) is 6.97. The Balaban J connectivity index is 1.90. The van der Waals surface area contributed by atoms with Crippen molar-refractivity contribution in [1.29, 1.82) is 0 Å². The molecule has 0 bridgehead atoms. The molecule has 0 amide bonds. The molecule has 0 fully saturated rings. The highest BCUT2D eigenvalue weighted by Crippen LogP contribution is 2.52. The van der Waals surface area contributed by atoms with E-state index in [0.717, 1.165) is 29.2 Å². The van der Waals surface area contributed by atoms with E-state index in [9.17, 15) is 18.0 Å². The first-order valence-electron chi connectivity index (χ1n) is 11.1. The molecule has 2 nitrogen and oxygen atoms in total. The third kappa shape index (κ3) is 3.48. The van der Waals surface area contributed by atoms with Gasteiger partial charge in [-0.15, -0.1) is 0 Å². The Morgan fingerprint density at radius 3 is 2.38 bits per heavy atom. The molecule has 3 aromatic carbocycles. The summed E-state index contributed by atoms with van der Waals surface area (Å²) in [7, 11) is 1.54. The maximum atomic E-state index is 13.8. The summed E-state index contributed by atoms with van der Waals surface area (Å²) < 4.78 is 46.7. The van der Waals surface area contributed by atoms with E-state index >= 15 is 0 Å². The van der Waals surface area contributed by atoms with Crippen LogP contribution in [0.1, 0.15) is 43.4 Å². The summed E-state index contributed by atoms with van der Waals surface area (Å²) in [6.07, 6.45) is 1.00. The van der Waals surface area contributed by atoms with Crippen LogP contribution in [0.15, 0.2) is 66.3 Å². The van der Waals surface area contributed by atoms with Crippen molar-refractivity contribution in [3.05, 3.63) is 82.9 Å². The average molecular weight is 460 g/mol. The first-order chi connectivity index (χ1) is 16.1. The van der Waals surface area contributed by atoms with Gasteiger partial charge in [-0.05, 0) is 69.1 Å². The molecule has 0 spiro atoms. The van der Waals surface area contributed by atoms with Gasteiger partial charge in [-0.25, -0.2) is 4.79 Å². The van der Waals surface area contributed by atoms with Gasteiger partial charge in [0.05, 0.1) is 12.7 Å². The second-order valence-corrected chi connectivity index (χ2v) is 9.48. The van der Waals surface area contributed by atoms with Crippen LogP contribution in [0, 0.1) is 5.41 Å². The second-order valence-electron chi connectivity index (χ2n) is 9.48. The zero-order valence-corrected chi connectivity index (χ0v) is 19.1. The molecule has 5 rings (SSSR count). The molecule has 2 aliphatic carbocycles. The summed E-state index contributed by atoms with van der Waals surface area (Å²) in [5, 5.41) is 1.08. The third-order valence-electron chi connectivity index (χ3n) is 6.97. The Morgan fingerprint density at radius 1 is 1.00 bits per heavy atom. The lowest BCUT2D eigenvalue weighted by molar-refractivity contribution is -0.137. The van der Waals surface area contributed by atoms with Gasteiger partial charge in [0.1, 0.15) is 11.7 Å². The van der Waals surface area contributed by atoms with Gasteiger partial charge in [0.2, 0.25) is 0 Å². The molecule has 5 heteroatoms. The maximum absolute atomic E-state index is 13.8. The molecule has 3 aromatic rings. The van der Waals surface area contributed by atoms with Crippen LogP contribution in [0.25, 0.3) is 33.0 Å². The number of carbonyl (C=O) groups excluding carboxylic acids is 1. The van der Waals surface area contributed by atoms with E-state index in [2.05, 4.69) is 31.9 Å². The van der Waals surface area contributed by atoms with Gasteiger partial charge in [-0.3, -0.25) is 0 Å². The SMILES string of the molecule is COc1ccc(-c2cc(C(F)(F)F)cc3ccc4c(c23)C(=C=O)CC2=C4C=CCC2(C)C)cc1. The molecule has 0 aliphatic heterocycles. The normalized spacial score (nSPS) is 16.8. The number of fused-ring (bicyclic) bond motifs is 4. The van der Waals surface area contributed by atoms with E-state index in [0.29, 0.717) is 45.2 Å². The van der Waals surface area contributed by atoms with Crippen molar-refractivity contribution in [1.82, 2.24) is 0 Å². The number of ether oxygens (including phenoxy) is 1. The van der Waals surface area contributed by atoms with Crippen LogP contribution in [0.2, 0.25) is 0 Å². The van der Waals surface area contributed by atoms with Crippen molar-refractivity contribution in [3.8, 4) is 16.9 Å². The van der Waals surface area contributed by atoms with Crippen molar-refractivity contribution in [2.75, 3.05) is 7.11 Å². The number of benzene rings is 3. The molecular formula is C29H23F3O2. The molecule has 0 aromatic heterocycles. The van der Waals surface area contributed by atoms with Crippen molar-refractivity contribution >= 4 is 27.9 Å². The van der Waals surface area contributed by atoms with E-state index in [1.165, 1.54) is 13.2 Å². The number of hydrogen-bond acceptors (Lipinski definition) is 2. The fourth-order valence-corrected chi connectivity index (χ4v) is 5.16. The van der Waals surface area contributed by atoms with E-state index in [4.69, 9.17) is 4.74 Å². The Labute approximate surface area is 196 Å². The molecule has 0 atom stereocenters. The van der Waals surface area contributed by atoms with Gasteiger partial charge < -0.3 is 4.74 Å². The number of halogens is 3. The lowest BCUT2D eigenvalue weighted by atomic mass is 9.67. The predicted molar refractivity (Wildman–Crippen MR) is 129 cm³/mol. The molecule has 2 aliphatic rings. The highest BCUT2D eigenvalue weighted by atomic mass is 19.4. The molecule has 172 valence electrons. The molecule has 0 heterocycles. The number of hydrogen-bond donors (Lipinski definition) is 0. The lowest BCUT2D eigenvalue weighted by Crippen LogP contribution is -2.21. The van der Waals surface area contributed by atoms with Gasteiger partial charge in [0.25, 0.3) is 0 Å².